The second kappa shape index (κ2) is 7.57. The van der Waals surface area contributed by atoms with Gasteiger partial charge in [-0.25, -0.2) is 0 Å². The second-order valence-electron chi connectivity index (χ2n) is 5.80. The summed E-state index contributed by atoms with van der Waals surface area (Å²) < 4.78 is 38.0. The maximum Gasteiger partial charge on any atom is 0.416 e. The molecular weight excluding hydrogens is 327 g/mol. The molecule has 0 aromatic heterocycles. The summed E-state index contributed by atoms with van der Waals surface area (Å²) in [6.45, 7) is 2.88. The van der Waals surface area contributed by atoms with Gasteiger partial charge in [0, 0.05) is 23.9 Å². The number of thioether (sulfide) groups is 1. The largest absolute Gasteiger partial charge is 0.416 e. The number of carbonyl (C=O) groups is 1. The van der Waals surface area contributed by atoms with Crippen molar-refractivity contribution in [2.24, 2.45) is 5.92 Å². The third-order valence-corrected chi connectivity index (χ3v) is 4.99. The summed E-state index contributed by atoms with van der Waals surface area (Å²) in [6, 6.07) is 5.00. The lowest BCUT2D eigenvalue weighted by Gasteiger charge is -2.34. The first kappa shape index (κ1) is 18.1. The van der Waals surface area contributed by atoms with Crippen LogP contribution in [0.5, 0.6) is 0 Å². The molecule has 2 unspecified atom stereocenters. The van der Waals surface area contributed by atoms with Crippen molar-refractivity contribution >= 4 is 17.7 Å². The van der Waals surface area contributed by atoms with Crippen molar-refractivity contribution in [1.82, 2.24) is 4.90 Å². The Labute approximate surface area is 137 Å². The van der Waals surface area contributed by atoms with Gasteiger partial charge in [0.05, 0.1) is 17.4 Å². The summed E-state index contributed by atoms with van der Waals surface area (Å²) in [5.74, 6) is 0.0809. The van der Waals surface area contributed by atoms with Crippen molar-refractivity contribution in [2.75, 3.05) is 18.8 Å². The zero-order valence-electron chi connectivity index (χ0n) is 12.8. The van der Waals surface area contributed by atoms with Gasteiger partial charge in [0.25, 0.3) is 0 Å². The molecule has 2 rings (SSSR count). The van der Waals surface area contributed by atoms with Crippen LogP contribution in [0.3, 0.4) is 0 Å². The van der Waals surface area contributed by atoms with E-state index in [0.29, 0.717) is 18.0 Å². The third kappa shape index (κ3) is 5.14. The van der Waals surface area contributed by atoms with E-state index in [2.05, 4.69) is 0 Å². The Balaban J connectivity index is 1.92. The van der Waals surface area contributed by atoms with E-state index in [4.69, 9.17) is 0 Å². The predicted molar refractivity (Wildman–Crippen MR) is 83.2 cm³/mol. The summed E-state index contributed by atoms with van der Waals surface area (Å²) >= 11 is 1.11. The molecule has 1 saturated heterocycles. The van der Waals surface area contributed by atoms with Gasteiger partial charge in [-0.3, -0.25) is 4.79 Å². The number of hydrogen-bond acceptors (Lipinski definition) is 3. The number of amides is 1. The van der Waals surface area contributed by atoms with Crippen LogP contribution < -0.4 is 0 Å². The van der Waals surface area contributed by atoms with Gasteiger partial charge in [0.2, 0.25) is 5.91 Å². The molecule has 1 aromatic rings. The number of likely N-dealkylation sites (tertiary alicyclic amines) is 1. The summed E-state index contributed by atoms with van der Waals surface area (Å²) in [6.07, 6.45) is -3.10. The fourth-order valence-electron chi connectivity index (χ4n) is 2.63. The molecule has 23 heavy (non-hydrogen) atoms. The molecule has 0 aliphatic carbocycles. The van der Waals surface area contributed by atoms with Crippen LogP contribution in [0.1, 0.15) is 25.3 Å². The van der Waals surface area contributed by atoms with E-state index in [1.165, 1.54) is 6.07 Å². The van der Waals surface area contributed by atoms with E-state index in [-0.39, 0.29) is 17.6 Å². The van der Waals surface area contributed by atoms with Gasteiger partial charge >= 0.3 is 6.18 Å². The number of alkyl halides is 3. The monoisotopic (exact) mass is 347 g/mol. The van der Waals surface area contributed by atoms with Crippen LogP contribution in [0.25, 0.3) is 0 Å². The zero-order valence-corrected chi connectivity index (χ0v) is 13.7. The highest BCUT2D eigenvalue weighted by Gasteiger charge is 2.30. The van der Waals surface area contributed by atoms with Crippen LogP contribution in [0.15, 0.2) is 29.2 Å². The van der Waals surface area contributed by atoms with Crippen LogP contribution in [0, 0.1) is 5.92 Å². The first-order valence-electron chi connectivity index (χ1n) is 7.53. The molecule has 0 radical (unpaired) electrons. The molecule has 1 amide bonds. The standard InChI is InChI=1S/C16H20F3NO2S/c1-11(21)12-4-3-7-20(9-12)15(22)10-23-14-6-2-5-13(8-14)16(17,18)19/h2,5-6,8,11-12,21H,3-4,7,9-10H2,1H3. The van der Waals surface area contributed by atoms with Crippen LogP contribution in [-0.2, 0) is 11.0 Å². The summed E-state index contributed by atoms with van der Waals surface area (Å²) in [4.78, 5) is 14.3. The van der Waals surface area contributed by atoms with E-state index >= 15 is 0 Å². The van der Waals surface area contributed by atoms with E-state index in [0.717, 1.165) is 36.7 Å². The number of aliphatic hydroxyl groups excluding tert-OH is 1. The predicted octanol–water partition coefficient (Wildman–Crippen LogP) is 3.42. The lowest BCUT2D eigenvalue weighted by atomic mass is 9.93. The van der Waals surface area contributed by atoms with Crippen molar-refractivity contribution in [1.29, 1.82) is 0 Å². The van der Waals surface area contributed by atoms with Crippen molar-refractivity contribution in [3.8, 4) is 0 Å². The third-order valence-electron chi connectivity index (χ3n) is 4.02. The van der Waals surface area contributed by atoms with Crippen molar-refractivity contribution in [2.45, 2.75) is 36.9 Å². The van der Waals surface area contributed by atoms with Crippen LogP contribution >= 0.6 is 11.8 Å². The first-order chi connectivity index (χ1) is 10.8. The number of piperidine rings is 1. The van der Waals surface area contributed by atoms with E-state index in [1.807, 2.05) is 0 Å². The quantitative estimate of drug-likeness (QED) is 0.849. The number of benzene rings is 1. The molecule has 0 spiro atoms. The average Bonchev–Trinajstić information content (AvgIpc) is 2.52. The van der Waals surface area contributed by atoms with Gasteiger partial charge in [0.15, 0.2) is 0 Å². The van der Waals surface area contributed by atoms with Crippen molar-refractivity contribution in [3.05, 3.63) is 29.8 Å². The number of nitrogens with zero attached hydrogens (tertiary/aromatic N) is 1. The lowest BCUT2D eigenvalue weighted by molar-refractivity contribution is -0.137. The number of rotatable bonds is 4. The SMILES string of the molecule is CC(O)C1CCCN(C(=O)CSc2cccc(C(F)(F)F)c2)C1. The molecule has 1 aliphatic heterocycles. The molecule has 7 heteroatoms. The summed E-state index contributed by atoms with van der Waals surface area (Å²) in [5.41, 5.74) is -0.706. The first-order valence-corrected chi connectivity index (χ1v) is 8.52. The lowest BCUT2D eigenvalue weighted by Crippen LogP contribution is -2.43. The van der Waals surface area contributed by atoms with E-state index in [1.54, 1.807) is 17.9 Å². The number of aliphatic hydroxyl groups is 1. The number of halogens is 3. The molecule has 0 bridgehead atoms. The summed E-state index contributed by atoms with van der Waals surface area (Å²) in [7, 11) is 0. The van der Waals surface area contributed by atoms with Crippen LogP contribution in [-0.4, -0.2) is 40.9 Å². The van der Waals surface area contributed by atoms with Crippen molar-refractivity contribution in [3.63, 3.8) is 0 Å². The average molecular weight is 347 g/mol. The molecule has 2 atom stereocenters. The molecule has 0 saturated carbocycles. The summed E-state index contributed by atoms with van der Waals surface area (Å²) in [5, 5.41) is 9.64. The number of hydrogen-bond donors (Lipinski definition) is 1. The minimum atomic E-state index is -4.38. The number of carbonyl (C=O) groups excluding carboxylic acids is 1. The molecule has 1 heterocycles. The Morgan fingerprint density at radius 2 is 2.22 bits per heavy atom. The van der Waals surface area contributed by atoms with Gasteiger partial charge in [-0.05, 0) is 38.0 Å². The van der Waals surface area contributed by atoms with Crippen LogP contribution in [0.2, 0.25) is 0 Å². The molecule has 128 valence electrons. The van der Waals surface area contributed by atoms with Gasteiger partial charge in [-0.15, -0.1) is 11.8 Å². The maximum atomic E-state index is 12.7. The van der Waals surface area contributed by atoms with Gasteiger partial charge in [-0.1, -0.05) is 6.07 Å². The minimum absolute atomic E-state index is 0.0752. The topological polar surface area (TPSA) is 40.5 Å². The van der Waals surface area contributed by atoms with Crippen molar-refractivity contribution < 1.29 is 23.1 Å². The fourth-order valence-corrected chi connectivity index (χ4v) is 3.49. The Kier molecular flexibility index (Phi) is 5.97. The Bertz CT molecular complexity index is 548. The van der Waals surface area contributed by atoms with Gasteiger partial charge in [-0.2, -0.15) is 13.2 Å². The highest BCUT2D eigenvalue weighted by Crippen LogP contribution is 2.32. The van der Waals surface area contributed by atoms with Gasteiger partial charge < -0.3 is 10.0 Å². The molecule has 3 nitrogen and oxygen atoms in total. The zero-order chi connectivity index (χ0) is 17.0. The maximum absolute atomic E-state index is 12.7. The molecule has 1 fully saturated rings. The smallest absolute Gasteiger partial charge is 0.393 e. The Morgan fingerprint density at radius 1 is 1.48 bits per heavy atom. The Hall–Kier alpha value is -1.21. The Morgan fingerprint density at radius 3 is 2.87 bits per heavy atom. The molecule has 1 aromatic carbocycles. The molecule has 1 N–H and O–H groups in total. The molecular formula is C16H20F3NO2S. The van der Waals surface area contributed by atoms with E-state index < -0.39 is 17.8 Å². The van der Waals surface area contributed by atoms with E-state index in [9.17, 15) is 23.1 Å². The normalized spacial score (nSPS) is 20.4. The van der Waals surface area contributed by atoms with Gasteiger partial charge in [0.1, 0.15) is 0 Å². The molecule has 1 aliphatic rings. The minimum Gasteiger partial charge on any atom is -0.393 e. The fraction of sp³-hybridized carbons (Fsp3) is 0.562. The second-order valence-corrected chi connectivity index (χ2v) is 6.85. The highest BCUT2D eigenvalue weighted by atomic mass is 32.2. The van der Waals surface area contributed by atoms with Crippen LogP contribution in [0.4, 0.5) is 13.2 Å². The highest BCUT2D eigenvalue weighted by molar-refractivity contribution is 8.00.